The average molecular weight is 413 g/mol. The van der Waals surface area contributed by atoms with Crippen molar-refractivity contribution in [2.75, 3.05) is 18.6 Å². The lowest BCUT2D eigenvalue weighted by atomic mass is 10.2. The van der Waals surface area contributed by atoms with E-state index in [1.54, 1.807) is 17.8 Å². The maximum absolute atomic E-state index is 12.8. The zero-order chi connectivity index (χ0) is 19.5. The summed E-state index contributed by atoms with van der Waals surface area (Å²) in [6.45, 7) is 3.36. The second kappa shape index (κ2) is 8.24. The Hall–Kier alpha value is -2.51. The van der Waals surface area contributed by atoms with Crippen LogP contribution in [-0.4, -0.2) is 29.1 Å². The van der Waals surface area contributed by atoms with Crippen molar-refractivity contribution in [3.8, 4) is 5.75 Å². The summed E-state index contributed by atoms with van der Waals surface area (Å²) in [7, 11) is 0. The summed E-state index contributed by atoms with van der Waals surface area (Å²) in [4.78, 5) is 17.8. The Morgan fingerprint density at radius 3 is 2.89 bits per heavy atom. The number of para-hydroxylation sites is 1. The first-order valence-corrected chi connectivity index (χ1v) is 11.2. The van der Waals surface area contributed by atoms with E-state index >= 15 is 0 Å². The number of hydrogen-bond acceptors (Lipinski definition) is 5. The molecule has 4 rings (SSSR count). The van der Waals surface area contributed by atoms with Gasteiger partial charge in [0.15, 0.2) is 10.6 Å². The number of carbonyl (C=O) groups is 1. The van der Waals surface area contributed by atoms with Crippen LogP contribution in [0.5, 0.6) is 5.75 Å². The standard InChI is InChI=1S/C21H20N2O3S2/c1-3-25-15-8-9-16-19(13-15)28-21(23(16)10-11-27-2)22-20(24)18-12-14-6-4-5-7-17(14)26-18/h4-9,12-13H,3,10-11H2,1-2H3. The fraction of sp³-hybridized carbons (Fsp3) is 0.238. The maximum atomic E-state index is 12.8. The van der Waals surface area contributed by atoms with Crippen molar-refractivity contribution in [3.63, 3.8) is 0 Å². The van der Waals surface area contributed by atoms with E-state index in [4.69, 9.17) is 9.15 Å². The molecular weight excluding hydrogens is 392 g/mol. The van der Waals surface area contributed by atoms with E-state index in [9.17, 15) is 4.79 Å². The molecule has 2 heterocycles. The van der Waals surface area contributed by atoms with Crippen molar-refractivity contribution in [2.45, 2.75) is 13.5 Å². The van der Waals surface area contributed by atoms with Crippen molar-refractivity contribution < 1.29 is 13.9 Å². The van der Waals surface area contributed by atoms with Gasteiger partial charge in [-0.2, -0.15) is 16.8 Å². The van der Waals surface area contributed by atoms with Gasteiger partial charge >= 0.3 is 5.91 Å². The van der Waals surface area contributed by atoms with Crippen molar-refractivity contribution in [1.82, 2.24) is 4.57 Å². The number of benzene rings is 2. The van der Waals surface area contributed by atoms with E-state index < -0.39 is 0 Å². The summed E-state index contributed by atoms with van der Waals surface area (Å²) in [5.74, 6) is 1.64. The first-order valence-electron chi connectivity index (χ1n) is 9.02. The monoisotopic (exact) mass is 412 g/mol. The van der Waals surface area contributed by atoms with E-state index in [1.807, 2.05) is 49.4 Å². The molecule has 0 saturated heterocycles. The maximum Gasteiger partial charge on any atom is 0.315 e. The van der Waals surface area contributed by atoms with Gasteiger partial charge in [-0.3, -0.25) is 4.79 Å². The number of thioether (sulfide) groups is 1. The summed E-state index contributed by atoms with van der Waals surface area (Å²) in [6.07, 6.45) is 2.07. The number of amides is 1. The Kier molecular flexibility index (Phi) is 5.54. The number of thiazole rings is 1. The van der Waals surface area contributed by atoms with Gasteiger partial charge in [0.1, 0.15) is 11.3 Å². The van der Waals surface area contributed by atoms with E-state index in [1.165, 1.54) is 11.3 Å². The van der Waals surface area contributed by atoms with Crippen molar-refractivity contribution in [2.24, 2.45) is 4.99 Å². The Morgan fingerprint density at radius 2 is 2.11 bits per heavy atom. The number of ether oxygens (including phenoxy) is 1. The summed E-state index contributed by atoms with van der Waals surface area (Å²) in [5.41, 5.74) is 1.74. The number of furan rings is 1. The van der Waals surface area contributed by atoms with Gasteiger partial charge in [0.05, 0.1) is 16.8 Å². The SMILES string of the molecule is CCOc1ccc2c(c1)sc(=NC(=O)c1cc3ccccc3o1)n2CCSC. The number of hydrogen-bond donors (Lipinski definition) is 0. The third-order valence-corrected chi connectivity index (χ3v) is 5.95. The number of carbonyl (C=O) groups excluding carboxylic acids is 1. The van der Waals surface area contributed by atoms with Crippen molar-refractivity contribution in [1.29, 1.82) is 0 Å². The van der Waals surface area contributed by atoms with E-state index in [0.717, 1.165) is 33.6 Å². The van der Waals surface area contributed by atoms with Crippen LogP contribution < -0.4 is 9.54 Å². The quantitative estimate of drug-likeness (QED) is 0.449. The molecule has 1 amide bonds. The Labute approximate surface area is 170 Å². The predicted octanol–water partition coefficient (Wildman–Crippen LogP) is 4.95. The lowest BCUT2D eigenvalue weighted by Gasteiger charge is -2.05. The van der Waals surface area contributed by atoms with Gasteiger partial charge in [-0.05, 0) is 43.5 Å². The fourth-order valence-electron chi connectivity index (χ4n) is 3.02. The van der Waals surface area contributed by atoms with Gasteiger partial charge in [0.25, 0.3) is 0 Å². The molecule has 5 nitrogen and oxygen atoms in total. The summed E-state index contributed by atoms with van der Waals surface area (Å²) < 4.78 is 14.4. The van der Waals surface area contributed by atoms with Gasteiger partial charge in [-0.15, -0.1) is 0 Å². The van der Waals surface area contributed by atoms with Crippen LogP contribution in [0, 0.1) is 0 Å². The van der Waals surface area contributed by atoms with Crippen LogP contribution in [-0.2, 0) is 6.54 Å². The van der Waals surface area contributed by atoms with Gasteiger partial charge in [-0.1, -0.05) is 29.5 Å². The van der Waals surface area contributed by atoms with Crippen LogP contribution in [0.2, 0.25) is 0 Å². The molecule has 0 atom stereocenters. The molecule has 28 heavy (non-hydrogen) atoms. The van der Waals surface area contributed by atoms with E-state index in [-0.39, 0.29) is 11.7 Å². The molecular formula is C21H20N2O3S2. The highest BCUT2D eigenvalue weighted by Crippen LogP contribution is 2.24. The molecule has 0 radical (unpaired) electrons. The third kappa shape index (κ3) is 3.72. The molecule has 0 aliphatic heterocycles. The second-order valence-electron chi connectivity index (χ2n) is 6.16. The topological polar surface area (TPSA) is 56.7 Å². The second-order valence-corrected chi connectivity index (χ2v) is 8.15. The highest BCUT2D eigenvalue weighted by molar-refractivity contribution is 7.98. The first kappa shape index (κ1) is 18.8. The van der Waals surface area contributed by atoms with Crippen LogP contribution in [0.15, 0.2) is 57.9 Å². The molecule has 7 heteroatoms. The van der Waals surface area contributed by atoms with Crippen LogP contribution in [0.4, 0.5) is 0 Å². The molecule has 144 valence electrons. The Bertz CT molecular complexity index is 1170. The number of nitrogens with zero attached hydrogens (tertiary/aromatic N) is 2. The summed E-state index contributed by atoms with van der Waals surface area (Å²) in [6, 6.07) is 15.3. The van der Waals surface area contributed by atoms with Gasteiger partial charge in [0.2, 0.25) is 0 Å². The highest BCUT2D eigenvalue weighted by atomic mass is 32.2. The lowest BCUT2D eigenvalue weighted by molar-refractivity contribution is 0.0973. The lowest BCUT2D eigenvalue weighted by Crippen LogP contribution is -2.18. The van der Waals surface area contributed by atoms with Crippen molar-refractivity contribution >= 4 is 50.2 Å². The van der Waals surface area contributed by atoms with Gasteiger partial charge in [0, 0.05) is 17.7 Å². The number of aromatic nitrogens is 1. The fourth-order valence-corrected chi connectivity index (χ4v) is 4.47. The highest BCUT2D eigenvalue weighted by Gasteiger charge is 2.13. The minimum Gasteiger partial charge on any atom is -0.494 e. The molecule has 0 aliphatic rings. The van der Waals surface area contributed by atoms with Gasteiger partial charge in [-0.25, -0.2) is 0 Å². The van der Waals surface area contributed by atoms with Crippen molar-refractivity contribution in [3.05, 3.63) is 59.1 Å². The molecule has 0 bridgehead atoms. The van der Waals surface area contributed by atoms with Crippen LogP contribution in [0.25, 0.3) is 21.2 Å². The molecule has 0 fully saturated rings. The molecule has 0 unspecified atom stereocenters. The zero-order valence-electron chi connectivity index (χ0n) is 15.7. The zero-order valence-corrected chi connectivity index (χ0v) is 17.3. The summed E-state index contributed by atoms with van der Waals surface area (Å²) in [5, 5.41) is 0.897. The van der Waals surface area contributed by atoms with Crippen LogP contribution in [0.3, 0.4) is 0 Å². The molecule has 2 aromatic carbocycles. The summed E-state index contributed by atoms with van der Waals surface area (Å²) >= 11 is 3.25. The van der Waals surface area contributed by atoms with Crippen LogP contribution >= 0.6 is 23.1 Å². The minimum atomic E-state index is -0.370. The molecule has 0 aliphatic carbocycles. The number of fused-ring (bicyclic) bond motifs is 2. The van der Waals surface area contributed by atoms with Crippen LogP contribution in [0.1, 0.15) is 17.5 Å². The molecule has 2 aromatic heterocycles. The molecule has 4 aromatic rings. The first-order chi connectivity index (χ1) is 13.7. The molecule has 0 saturated carbocycles. The van der Waals surface area contributed by atoms with Gasteiger partial charge < -0.3 is 13.7 Å². The normalized spacial score (nSPS) is 12.1. The molecule has 0 N–H and O–H groups in total. The average Bonchev–Trinajstić information content (AvgIpc) is 3.27. The van der Waals surface area contributed by atoms with E-state index in [0.29, 0.717) is 17.0 Å². The molecule has 0 spiro atoms. The third-order valence-electron chi connectivity index (χ3n) is 4.32. The Balaban J connectivity index is 1.79. The number of aryl methyl sites for hydroxylation is 1. The predicted molar refractivity (Wildman–Crippen MR) is 115 cm³/mol. The van der Waals surface area contributed by atoms with E-state index in [2.05, 4.69) is 15.8 Å². The Morgan fingerprint density at radius 1 is 1.25 bits per heavy atom. The number of rotatable bonds is 6. The smallest absolute Gasteiger partial charge is 0.315 e. The minimum absolute atomic E-state index is 0.255. The largest absolute Gasteiger partial charge is 0.494 e.